The summed E-state index contributed by atoms with van der Waals surface area (Å²) in [6, 6.07) is 1.23. The summed E-state index contributed by atoms with van der Waals surface area (Å²) < 4.78 is 32.8. The normalized spacial score (nSPS) is 20.0. The first-order valence-electron chi connectivity index (χ1n) is 5.35. The number of pyridine rings is 1. The Balaban J connectivity index is 2.05. The van der Waals surface area contributed by atoms with Crippen LogP contribution in [0.1, 0.15) is 6.42 Å². The van der Waals surface area contributed by atoms with Crippen LogP contribution in [0, 0.1) is 5.92 Å². The second-order valence-electron chi connectivity index (χ2n) is 4.04. The van der Waals surface area contributed by atoms with E-state index in [0.717, 1.165) is 19.2 Å². The summed E-state index contributed by atoms with van der Waals surface area (Å²) in [7, 11) is -3.80. The third-order valence-corrected chi connectivity index (χ3v) is 3.74. The van der Waals surface area contributed by atoms with Crippen LogP contribution in [0.2, 0.25) is 5.02 Å². The molecule has 0 saturated carbocycles. The molecule has 0 bridgehead atoms. The van der Waals surface area contributed by atoms with Gasteiger partial charge in [0.15, 0.2) is 0 Å². The highest BCUT2D eigenvalue weighted by Gasteiger charge is 2.18. The van der Waals surface area contributed by atoms with Crippen molar-refractivity contribution in [3.63, 3.8) is 0 Å². The fourth-order valence-corrected chi connectivity index (χ4v) is 2.35. The van der Waals surface area contributed by atoms with Crippen molar-refractivity contribution in [3.05, 3.63) is 17.3 Å². The Morgan fingerprint density at radius 1 is 1.61 bits per heavy atom. The Labute approximate surface area is 110 Å². The van der Waals surface area contributed by atoms with Gasteiger partial charge in [-0.15, -0.1) is 0 Å². The van der Waals surface area contributed by atoms with E-state index in [0.29, 0.717) is 19.1 Å². The number of sulfonamides is 1. The number of hydrogen-bond acceptors (Lipinski definition) is 5. The van der Waals surface area contributed by atoms with Crippen LogP contribution in [0.3, 0.4) is 0 Å². The molecule has 0 spiro atoms. The molecular weight excluding hydrogens is 280 g/mol. The molecule has 2 rings (SSSR count). The highest BCUT2D eigenvalue weighted by molar-refractivity contribution is 7.89. The van der Waals surface area contributed by atoms with Gasteiger partial charge in [-0.05, 0) is 12.5 Å². The number of ether oxygens (including phenoxy) is 2. The maximum Gasteiger partial charge on any atom is 0.239 e. The van der Waals surface area contributed by atoms with Crippen LogP contribution in [0.25, 0.3) is 0 Å². The molecule has 1 aromatic rings. The lowest BCUT2D eigenvalue weighted by Gasteiger charge is -2.10. The Bertz CT molecular complexity index is 529. The van der Waals surface area contributed by atoms with Crippen molar-refractivity contribution in [1.82, 2.24) is 4.98 Å². The lowest BCUT2D eigenvalue weighted by atomic mass is 10.1. The molecule has 1 aliphatic heterocycles. The van der Waals surface area contributed by atoms with Crippen LogP contribution in [-0.4, -0.2) is 33.2 Å². The minimum Gasteiger partial charge on any atom is -0.476 e. The van der Waals surface area contributed by atoms with Gasteiger partial charge in [-0.2, -0.15) is 0 Å². The maximum absolute atomic E-state index is 11.1. The van der Waals surface area contributed by atoms with E-state index in [2.05, 4.69) is 4.98 Å². The van der Waals surface area contributed by atoms with Gasteiger partial charge in [0, 0.05) is 12.5 Å². The predicted molar refractivity (Wildman–Crippen MR) is 65.0 cm³/mol. The molecule has 1 saturated heterocycles. The van der Waals surface area contributed by atoms with E-state index in [1.54, 1.807) is 0 Å². The minimum absolute atomic E-state index is 0.125. The molecule has 1 atom stereocenters. The Hall–Kier alpha value is -0.890. The van der Waals surface area contributed by atoms with Crippen molar-refractivity contribution in [2.75, 3.05) is 19.8 Å². The van der Waals surface area contributed by atoms with E-state index in [9.17, 15) is 8.42 Å². The molecule has 1 aliphatic rings. The Morgan fingerprint density at radius 3 is 2.94 bits per heavy atom. The second kappa shape index (κ2) is 5.40. The number of rotatable bonds is 4. The molecule has 100 valence electrons. The molecule has 18 heavy (non-hydrogen) atoms. The van der Waals surface area contributed by atoms with E-state index in [-0.39, 0.29) is 15.8 Å². The van der Waals surface area contributed by atoms with Gasteiger partial charge in [-0.25, -0.2) is 18.5 Å². The fraction of sp³-hybridized carbons (Fsp3) is 0.500. The van der Waals surface area contributed by atoms with Crippen LogP contribution < -0.4 is 9.88 Å². The summed E-state index contributed by atoms with van der Waals surface area (Å²) in [5.41, 5.74) is 0. The fourth-order valence-electron chi connectivity index (χ4n) is 1.58. The summed E-state index contributed by atoms with van der Waals surface area (Å²) in [6.07, 6.45) is 2.06. The topological polar surface area (TPSA) is 91.5 Å². The lowest BCUT2D eigenvalue weighted by Crippen LogP contribution is -2.14. The number of hydrogen-bond donors (Lipinski definition) is 1. The van der Waals surface area contributed by atoms with Crippen LogP contribution >= 0.6 is 11.6 Å². The summed E-state index contributed by atoms with van der Waals surface area (Å²) in [4.78, 5) is 3.72. The zero-order valence-corrected chi connectivity index (χ0v) is 11.1. The van der Waals surface area contributed by atoms with Gasteiger partial charge in [0.2, 0.25) is 15.9 Å². The zero-order valence-electron chi connectivity index (χ0n) is 9.50. The van der Waals surface area contributed by atoms with Crippen molar-refractivity contribution in [2.24, 2.45) is 11.1 Å². The molecule has 0 aromatic carbocycles. The molecular formula is C10H13ClN2O4S. The molecule has 1 unspecified atom stereocenters. The molecule has 6 nitrogen and oxygen atoms in total. The number of aromatic nitrogens is 1. The first-order valence-corrected chi connectivity index (χ1v) is 7.28. The van der Waals surface area contributed by atoms with Crippen molar-refractivity contribution < 1.29 is 17.9 Å². The van der Waals surface area contributed by atoms with Gasteiger partial charge in [-0.3, -0.25) is 0 Å². The minimum atomic E-state index is -3.80. The van der Waals surface area contributed by atoms with Crippen molar-refractivity contribution in [2.45, 2.75) is 11.3 Å². The van der Waals surface area contributed by atoms with Gasteiger partial charge in [0.1, 0.15) is 9.92 Å². The van der Waals surface area contributed by atoms with Gasteiger partial charge in [-0.1, -0.05) is 11.6 Å². The molecule has 0 aliphatic carbocycles. The third-order valence-electron chi connectivity index (χ3n) is 2.59. The monoisotopic (exact) mass is 292 g/mol. The molecule has 8 heteroatoms. The van der Waals surface area contributed by atoms with Crippen molar-refractivity contribution in [1.29, 1.82) is 0 Å². The molecule has 2 heterocycles. The van der Waals surface area contributed by atoms with Gasteiger partial charge in [0.25, 0.3) is 0 Å². The van der Waals surface area contributed by atoms with Crippen LogP contribution in [0.5, 0.6) is 5.88 Å². The first kappa shape index (κ1) is 13.5. The van der Waals surface area contributed by atoms with Crippen molar-refractivity contribution >= 4 is 21.6 Å². The first-order chi connectivity index (χ1) is 8.47. The number of nitrogens with two attached hydrogens (primary N) is 1. The van der Waals surface area contributed by atoms with E-state index in [1.807, 2.05) is 0 Å². The summed E-state index contributed by atoms with van der Waals surface area (Å²) in [5, 5.41) is 5.09. The Kier molecular flexibility index (Phi) is 4.06. The summed E-state index contributed by atoms with van der Waals surface area (Å²) in [5.74, 6) is 0.525. The maximum atomic E-state index is 11.1. The zero-order chi connectivity index (χ0) is 13.2. The average molecular weight is 293 g/mol. The summed E-state index contributed by atoms with van der Waals surface area (Å²) >= 11 is 5.88. The van der Waals surface area contributed by atoms with Gasteiger partial charge in [0.05, 0.1) is 19.4 Å². The highest BCUT2D eigenvalue weighted by Crippen LogP contribution is 2.25. The Morgan fingerprint density at radius 2 is 2.39 bits per heavy atom. The third kappa shape index (κ3) is 3.32. The standard InChI is InChI=1S/C10H13ClN2O4S/c11-9-3-8(18(12,14)15)4-13-10(9)17-6-7-1-2-16-5-7/h3-4,7H,1-2,5-6H2,(H2,12,14,15). The second-order valence-corrected chi connectivity index (χ2v) is 6.01. The average Bonchev–Trinajstić information content (AvgIpc) is 2.79. The smallest absolute Gasteiger partial charge is 0.239 e. The number of primary sulfonamides is 1. The highest BCUT2D eigenvalue weighted by atomic mass is 35.5. The van der Waals surface area contributed by atoms with Crippen LogP contribution in [0.4, 0.5) is 0 Å². The SMILES string of the molecule is NS(=O)(=O)c1cnc(OCC2CCOC2)c(Cl)c1. The van der Waals surface area contributed by atoms with Gasteiger partial charge >= 0.3 is 0 Å². The van der Waals surface area contributed by atoms with E-state index in [1.165, 1.54) is 6.07 Å². The van der Waals surface area contributed by atoms with Crippen LogP contribution in [0.15, 0.2) is 17.2 Å². The van der Waals surface area contributed by atoms with Crippen LogP contribution in [-0.2, 0) is 14.8 Å². The number of halogens is 1. The van der Waals surface area contributed by atoms with Gasteiger partial charge < -0.3 is 9.47 Å². The van der Waals surface area contributed by atoms with E-state index >= 15 is 0 Å². The van der Waals surface area contributed by atoms with E-state index < -0.39 is 10.0 Å². The molecule has 1 fully saturated rings. The largest absolute Gasteiger partial charge is 0.476 e. The summed E-state index contributed by atoms with van der Waals surface area (Å²) in [6.45, 7) is 1.84. The van der Waals surface area contributed by atoms with Crippen molar-refractivity contribution in [3.8, 4) is 5.88 Å². The molecule has 2 N–H and O–H groups in total. The lowest BCUT2D eigenvalue weighted by molar-refractivity contribution is 0.165. The quantitative estimate of drug-likeness (QED) is 0.886. The number of nitrogens with zero attached hydrogens (tertiary/aromatic N) is 1. The van der Waals surface area contributed by atoms with E-state index in [4.69, 9.17) is 26.2 Å². The molecule has 0 radical (unpaired) electrons. The molecule has 0 amide bonds. The molecule has 1 aromatic heterocycles. The predicted octanol–water partition coefficient (Wildman–Crippen LogP) is 0.798.